The molecule has 2 aromatic carbocycles. The molecule has 0 aliphatic carbocycles. The summed E-state index contributed by atoms with van der Waals surface area (Å²) in [5, 5.41) is 0. The maximum absolute atomic E-state index is 13.8. The van der Waals surface area contributed by atoms with Gasteiger partial charge in [-0.1, -0.05) is 30.3 Å². The summed E-state index contributed by atoms with van der Waals surface area (Å²) in [5.74, 6) is 0.473. The number of benzene rings is 2. The van der Waals surface area contributed by atoms with Crippen molar-refractivity contribution in [2.45, 2.75) is 24.1 Å². The maximum Gasteiger partial charge on any atom is 0.127 e. The van der Waals surface area contributed by atoms with E-state index < -0.39 is 0 Å². The summed E-state index contributed by atoms with van der Waals surface area (Å²) in [6.07, 6.45) is 0. The monoisotopic (exact) mass is 261 g/mol. The minimum Gasteiger partial charge on any atom is -0.326 e. The summed E-state index contributed by atoms with van der Waals surface area (Å²) < 4.78 is 13.8. The van der Waals surface area contributed by atoms with E-state index >= 15 is 0 Å². The van der Waals surface area contributed by atoms with Crippen LogP contribution in [0.2, 0.25) is 0 Å². The molecule has 0 saturated heterocycles. The van der Waals surface area contributed by atoms with Crippen molar-refractivity contribution in [3.05, 3.63) is 65.0 Å². The molecular formula is C15H16FNS. The minimum atomic E-state index is -0.168. The first kappa shape index (κ1) is 13.1. The number of halogens is 1. The molecule has 0 aromatic heterocycles. The van der Waals surface area contributed by atoms with Crippen molar-refractivity contribution >= 4 is 11.8 Å². The Morgan fingerprint density at radius 3 is 2.61 bits per heavy atom. The summed E-state index contributed by atoms with van der Waals surface area (Å²) in [6, 6.07) is 13.4. The van der Waals surface area contributed by atoms with E-state index in [1.54, 1.807) is 11.8 Å². The second-order valence-electron chi connectivity index (χ2n) is 4.18. The van der Waals surface area contributed by atoms with Gasteiger partial charge >= 0.3 is 0 Å². The molecule has 0 bridgehead atoms. The van der Waals surface area contributed by atoms with Gasteiger partial charge in [-0.2, -0.15) is 0 Å². The number of rotatable bonds is 4. The topological polar surface area (TPSA) is 26.0 Å². The lowest BCUT2D eigenvalue weighted by molar-refractivity contribution is 0.615. The predicted molar refractivity (Wildman–Crippen MR) is 75.0 cm³/mol. The zero-order valence-electron chi connectivity index (χ0n) is 10.3. The SMILES string of the molecule is Cc1ccccc1SCc1ccc(CN)cc1F. The summed E-state index contributed by atoms with van der Waals surface area (Å²) in [5.41, 5.74) is 8.26. The van der Waals surface area contributed by atoms with E-state index in [0.717, 1.165) is 11.1 Å². The van der Waals surface area contributed by atoms with Crippen molar-refractivity contribution in [1.82, 2.24) is 0 Å². The maximum atomic E-state index is 13.8. The molecule has 18 heavy (non-hydrogen) atoms. The van der Waals surface area contributed by atoms with Gasteiger partial charge in [-0.3, -0.25) is 0 Å². The lowest BCUT2D eigenvalue weighted by atomic mass is 10.1. The van der Waals surface area contributed by atoms with Crippen molar-refractivity contribution in [2.24, 2.45) is 5.73 Å². The van der Waals surface area contributed by atoms with Crippen LogP contribution in [0.15, 0.2) is 47.4 Å². The fourth-order valence-electron chi connectivity index (χ4n) is 1.71. The van der Waals surface area contributed by atoms with E-state index in [-0.39, 0.29) is 5.82 Å². The van der Waals surface area contributed by atoms with Crippen molar-refractivity contribution in [1.29, 1.82) is 0 Å². The molecule has 2 N–H and O–H groups in total. The smallest absolute Gasteiger partial charge is 0.127 e. The second kappa shape index (κ2) is 6.03. The third-order valence-electron chi connectivity index (χ3n) is 2.83. The molecule has 2 rings (SSSR count). The Morgan fingerprint density at radius 2 is 1.94 bits per heavy atom. The van der Waals surface area contributed by atoms with Gasteiger partial charge in [0.15, 0.2) is 0 Å². The fourth-order valence-corrected chi connectivity index (χ4v) is 2.72. The second-order valence-corrected chi connectivity index (χ2v) is 5.20. The van der Waals surface area contributed by atoms with Crippen LogP contribution < -0.4 is 5.73 Å². The Kier molecular flexibility index (Phi) is 4.39. The van der Waals surface area contributed by atoms with Crippen molar-refractivity contribution in [2.75, 3.05) is 0 Å². The van der Waals surface area contributed by atoms with Gasteiger partial charge in [0.1, 0.15) is 5.82 Å². The van der Waals surface area contributed by atoms with Gasteiger partial charge in [-0.05, 0) is 35.7 Å². The Morgan fingerprint density at radius 1 is 1.17 bits per heavy atom. The Hall–Kier alpha value is -1.32. The first-order valence-electron chi connectivity index (χ1n) is 5.86. The van der Waals surface area contributed by atoms with Crippen LogP contribution in [0.4, 0.5) is 4.39 Å². The van der Waals surface area contributed by atoms with E-state index in [1.165, 1.54) is 16.5 Å². The highest BCUT2D eigenvalue weighted by molar-refractivity contribution is 7.98. The third kappa shape index (κ3) is 3.12. The summed E-state index contributed by atoms with van der Waals surface area (Å²) in [4.78, 5) is 1.19. The molecule has 0 atom stereocenters. The van der Waals surface area contributed by atoms with Crippen LogP contribution in [-0.4, -0.2) is 0 Å². The van der Waals surface area contributed by atoms with Crippen molar-refractivity contribution < 1.29 is 4.39 Å². The first-order valence-corrected chi connectivity index (χ1v) is 6.85. The number of hydrogen-bond donors (Lipinski definition) is 1. The molecule has 0 amide bonds. The molecular weight excluding hydrogens is 245 g/mol. The number of aryl methyl sites for hydroxylation is 1. The van der Waals surface area contributed by atoms with Crippen LogP contribution >= 0.6 is 11.8 Å². The summed E-state index contributed by atoms with van der Waals surface area (Å²) in [6.45, 7) is 2.44. The molecule has 1 nitrogen and oxygen atoms in total. The first-order chi connectivity index (χ1) is 8.70. The largest absolute Gasteiger partial charge is 0.326 e. The van der Waals surface area contributed by atoms with E-state index in [9.17, 15) is 4.39 Å². The average molecular weight is 261 g/mol. The summed E-state index contributed by atoms with van der Waals surface area (Å²) >= 11 is 1.66. The Labute approximate surface area is 111 Å². The normalized spacial score (nSPS) is 10.6. The summed E-state index contributed by atoms with van der Waals surface area (Å²) in [7, 11) is 0. The zero-order chi connectivity index (χ0) is 13.0. The van der Waals surface area contributed by atoms with Crippen LogP contribution in [0.3, 0.4) is 0 Å². The molecule has 2 aromatic rings. The molecule has 0 saturated carbocycles. The average Bonchev–Trinajstić information content (AvgIpc) is 2.39. The Balaban J connectivity index is 2.09. The van der Waals surface area contributed by atoms with Crippen LogP contribution in [0.25, 0.3) is 0 Å². The molecule has 0 fully saturated rings. The molecule has 0 spiro atoms. The lowest BCUT2D eigenvalue weighted by Gasteiger charge is -2.07. The number of nitrogens with two attached hydrogens (primary N) is 1. The standard InChI is InChI=1S/C15H16FNS/c1-11-4-2-3-5-15(11)18-10-13-7-6-12(9-17)8-14(13)16/h2-8H,9-10,17H2,1H3. The molecule has 0 aliphatic rings. The lowest BCUT2D eigenvalue weighted by Crippen LogP contribution is -1.98. The quantitative estimate of drug-likeness (QED) is 0.845. The van der Waals surface area contributed by atoms with Gasteiger partial charge in [0, 0.05) is 17.2 Å². The van der Waals surface area contributed by atoms with Gasteiger partial charge in [0.05, 0.1) is 0 Å². The predicted octanol–water partition coefficient (Wildman–Crippen LogP) is 3.89. The Bertz CT molecular complexity index is 540. The molecule has 94 valence electrons. The van der Waals surface area contributed by atoms with Gasteiger partial charge in [0.2, 0.25) is 0 Å². The number of thioether (sulfide) groups is 1. The molecule has 0 aliphatic heterocycles. The van der Waals surface area contributed by atoms with Crippen LogP contribution in [-0.2, 0) is 12.3 Å². The highest BCUT2D eigenvalue weighted by Crippen LogP contribution is 2.26. The van der Waals surface area contributed by atoms with Crippen molar-refractivity contribution in [3.63, 3.8) is 0 Å². The molecule has 3 heteroatoms. The fraction of sp³-hybridized carbons (Fsp3) is 0.200. The highest BCUT2D eigenvalue weighted by atomic mass is 32.2. The highest BCUT2D eigenvalue weighted by Gasteiger charge is 2.05. The van der Waals surface area contributed by atoms with Gasteiger partial charge in [-0.25, -0.2) is 4.39 Å². The molecule has 0 unspecified atom stereocenters. The zero-order valence-corrected chi connectivity index (χ0v) is 11.1. The van der Waals surface area contributed by atoms with Crippen molar-refractivity contribution in [3.8, 4) is 0 Å². The molecule has 0 radical (unpaired) electrons. The van der Waals surface area contributed by atoms with Gasteiger partial charge in [-0.15, -0.1) is 11.8 Å². The van der Waals surface area contributed by atoms with E-state index in [1.807, 2.05) is 24.3 Å². The minimum absolute atomic E-state index is 0.168. The van der Waals surface area contributed by atoms with Gasteiger partial charge in [0.25, 0.3) is 0 Å². The van der Waals surface area contributed by atoms with E-state index in [0.29, 0.717) is 12.3 Å². The van der Waals surface area contributed by atoms with E-state index in [4.69, 9.17) is 5.73 Å². The van der Waals surface area contributed by atoms with Crippen LogP contribution in [0.1, 0.15) is 16.7 Å². The molecule has 0 heterocycles. The number of hydrogen-bond acceptors (Lipinski definition) is 2. The third-order valence-corrected chi connectivity index (χ3v) is 4.05. The van der Waals surface area contributed by atoms with Gasteiger partial charge < -0.3 is 5.73 Å². The van der Waals surface area contributed by atoms with E-state index in [2.05, 4.69) is 19.1 Å². The van der Waals surface area contributed by atoms with Crippen LogP contribution in [0.5, 0.6) is 0 Å². The van der Waals surface area contributed by atoms with Crippen LogP contribution in [0, 0.1) is 12.7 Å².